The van der Waals surface area contributed by atoms with Gasteiger partial charge in [-0.15, -0.1) is 0 Å². The van der Waals surface area contributed by atoms with E-state index >= 15 is 0 Å². The number of Topliss-reactive ketones (excluding diaryl/α,β-unsaturated/α-hetero) is 1. The number of methoxy groups -OCH3 is 1. The van der Waals surface area contributed by atoms with E-state index in [0.29, 0.717) is 31.6 Å². The fourth-order valence-corrected chi connectivity index (χ4v) is 4.05. The van der Waals surface area contributed by atoms with Gasteiger partial charge < -0.3 is 9.47 Å². The molecule has 1 saturated heterocycles. The molecule has 3 atom stereocenters. The first-order valence-corrected chi connectivity index (χ1v) is 9.95. The van der Waals surface area contributed by atoms with Crippen LogP contribution in [0.25, 0.3) is 0 Å². The van der Waals surface area contributed by atoms with E-state index in [1.54, 1.807) is 4.90 Å². The average molecular weight is 379 g/mol. The average Bonchev–Trinajstić information content (AvgIpc) is 2.76. The Morgan fingerprint density at radius 1 is 1.19 bits per heavy atom. The number of rotatable bonds is 6. The van der Waals surface area contributed by atoms with Gasteiger partial charge in [-0.25, -0.2) is 4.79 Å². The molecule has 2 heterocycles. The lowest BCUT2D eigenvalue weighted by Gasteiger charge is -2.32. The highest BCUT2D eigenvalue weighted by Gasteiger charge is 2.46. The first-order chi connectivity index (χ1) is 12.6. The van der Waals surface area contributed by atoms with Crippen molar-refractivity contribution in [3.63, 3.8) is 0 Å². The number of unbranched alkanes of at least 4 members (excludes halogenated alkanes) is 1. The minimum absolute atomic E-state index is 0.0770. The van der Waals surface area contributed by atoms with Crippen molar-refractivity contribution in [1.82, 2.24) is 4.90 Å². The number of esters is 1. The van der Waals surface area contributed by atoms with Crippen LogP contribution in [0.5, 0.6) is 0 Å². The lowest BCUT2D eigenvalue weighted by Crippen LogP contribution is -2.45. The SMILES string of the molecule is COC(=O)CCCCC(=O)C1=CCCC2[C@@H](C)CC1N2C(=O)OC(C)(C)C. The number of ether oxygens (including phenoxy) is 2. The normalized spacial score (nSPS) is 24.9. The van der Waals surface area contributed by atoms with Crippen LogP contribution >= 0.6 is 0 Å². The van der Waals surface area contributed by atoms with E-state index in [-0.39, 0.29) is 29.9 Å². The quantitative estimate of drug-likeness (QED) is 0.515. The molecule has 152 valence electrons. The molecule has 6 nitrogen and oxygen atoms in total. The summed E-state index contributed by atoms with van der Waals surface area (Å²) < 4.78 is 10.3. The number of hydrogen-bond donors (Lipinski definition) is 0. The van der Waals surface area contributed by atoms with Crippen molar-refractivity contribution < 1.29 is 23.9 Å². The molecule has 0 aromatic rings. The molecule has 1 fully saturated rings. The van der Waals surface area contributed by atoms with Gasteiger partial charge in [0.25, 0.3) is 0 Å². The van der Waals surface area contributed by atoms with Gasteiger partial charge in [-0.2, -0.15) is 0 Å². The van der Waals surface area contributed by atoms with Crippen LogP contribution in [0, 0.1) is 5.92 Å². The number of carbonyl (C=O) groups is 3. The lowest BCUT2D eigenvalue weighted by molar-refractivity contribution is -0.140. The van der Waals surface area contributed by atoms with Crippen LogP contribution in [-0.2, 0) is 19.1 Å². The number of allylic oxidation sites excluding steroid dienone is 1. The predicted octanol–water partition coefficient (Wildman–Crippen LogP) is 4.02. The fourth-order valence-electron chi connectivity index (χ4n) is 4.05. The maximum Gasteiger partial charge on any atom is 0.411 e. The number of hydrogen-bond acceptors (Lipinski definition) is 5. The molecule has 27 heavy (non-hydrogen) atoms. The molecule has 0 radical (unpaired) electrons. The topological polar surface area (TPSA) is 72.9 Å². The molecule has 0 N–H and O–H groups in total. The molecule has 6 heteroatoms. The third-order valence-corrected chi connectivity index (χ3v) is 5.32. The number of carbonyl (C=O) groups excluding carboxylic acids is 3. The molecule has 1 amide bonds. The molecular weight excluding hydrogens is 346 g/mol. The smallest absolute Gasteiger partial charge is 0.411 e. The standard InChI is InChI=1S/C21H33NO5/c1-14-13-17-15(18(23)11-6-7-12-19(24)26-5)9-8-10-16(14)22(17)20(25)27-21(2,3)4/h9,14,16-17H,6-8,10-13H2,1-5H3/t14-,16?,17?/m0/s1. The number of fused-ring (bicyclic) bond motifs is 2. The molecule has 2 bridgehead atoms. The molecule has 0 aliphatic carbocycles. The summed E-state index contributed by atoms with van der Waals surface area (Å²) in [5, 5.41) is 0. The van der Waals surface area contributed by atoms with Crippen molar-refractivity contribution in [2.75, 3.05) is 7.11 Å². The highest BCUT2D eigenvalue weighted by atomic mass is 16.6. The summed E-state index contributed by atoms with van der Waals surface area (Å²) in [7, 11) is 1.37. The second kappa shape index (κ2) is 8.89. The van der Waals surface area contributed by atoms with Gasteiger partial charge in [-0.05, 0) is 58.8 Å². The van der Waals surface area contributed by atoms with E-state index in [1.165, 1.54) is 7.11 Å². The Hall–Kier alpha value is -1.85. The Morgan fingerprint density at radius 2 is 1.85 bits per heavy atom. The summed E-state index contributed by atoms with van der Waals surface area (Å²) in [6.45, 7) is 7.72. The summed E-state index contributed by atoms with van der Waals surface area (Å²) in [6, 6.07) is -0.0822. The van der Waals surface area contributed by atoms with Crippen LogP contribution in [0.2, 0.25) is 0 Å². The summed E-state index contributed by atoms with van der Waals surface area (Å²) in [4.78, 5) is 38.7. The second-order valence-electron chi connectivity index (χ2n) is 8.63. The Morgan fingerprint density at radius 3 is 2.48 bits per heavy atom. The largest absolute Gasteiger partial charge is 0.469 e. The molecular formula is C21H33NO5. The predicted molar refractivity (Wildman–Crippen MR) is 102 cm³/mol. The summed E-state index contributed by atoms with van der Waals surface area (Å²) in [5.41, 5.74) is 0.180. The van der Waals surface area contributed by atoms with Gasteiger partial charge in [0, 0.05) is 24.5 Å². The second-order valence-corrected chi connectivity index (χ2v) is 8.63. The zero-order valence-corrected chi connectivity index (χ0v) is 17.2. The molecule has 0 saturated carbocycles. The van der Waals surface area contributed by atoms with Crippen LogP contribution in [0.4, 0.5) is 4.79 Å². The summed E-state index contributed by atoms with van der Waals surface area (Å²) >= 11 is 0. The van der Waals surface area contributed by atoms with E-state index in [0.717, 1.165) is 24.8 Å². The van der Waals surface area contributed by atoms with Crippen LogP contribution in [0.1, 0.15) is 72.6 Å². The number of amides is 1. The minimum Gasteiger partial charge on any atom is -0.469 e. The zero-order chi connectivity index (χ0) is 20.2. The summed E-state index contributed by atoms with van der Waals surface area (Å²) in [6.07, 6.45) is 6.13. The van der Waals surface area contributed by atoms with Crippen LogP contribution in [-0.4, -0.2) is 47.5 Å². The van der Waals surface area contributed by atoms with Crippen molar-refractivity contribution in [2.45, 2.75) is 90.3 Å². The van der Waals surface area contributed by atoms with Crippen LogP contribution in [0.3, 0.4) is 0 Å². The van der Waals surface area contributed by atoms with Crippen LogP contribution < -0.4 is 0 Å². The Bertz CT molecular complexity index is 604. The van der Waals surface area contributed by atoms with E-state index in [4.69, 9.17) is 4.74 Å². The highest BCUT2D eigenvalue weighted by molar-refractivity contribution is 5.97. The van der Waals surface area contributed by atoms with Gasteiger partial charge in [0.05, 0.1) is 13.2 Å². The third kappa shape index (κ3) is 5.56. The van der Waals surface area contributed by atoms with E-state index in [9.17, 15) is 14.4 Å². The Labute approximate surface area is 162 Å². The third-order valence-electron chi connectivity index (χ3n) is 5.32. The van der Waals surface area contributed by atoms with Gasteiger partial charge in [0.2, 0.25) is 0 Å². The molecule has 2 rings (SSSR count). The maximum atomic E-state index is 12.8. The van der Waals surface area contributed by atoms with Crippen LogP contribution in [0.15, 0.2) is 11.6 Å². The molecule has 2 aliphatic heterocycles. The molecule has 0 aromatic heterocycles. The van der Waals surface area contributed by atoms with Gasteiger partial charge in [-0.1, -0.05) is 13.0 Å². The fraction of sp³-hybridized carbons (Fsp3) is 0.762. The van der Waals surface area contributed by atoms with Crippen molar-refractivity contribution in [1.29, 1.82) is 0 Å². The van der Waals surface area contributed by atoms with E-state index < -0.39 is 5.60 Å². The Kier molecular flexibility index (Phi) is 7.06. The van der Waals surface area contributed by atoms with Gasteiger partial charge >= 0.3 is 12.1 Å². The minimum atomic E-state index is -0.562. The van der Waals surface area contributed by atoms with Gasteiger partial charge in [0.1, 0.15) is 5.60 Å². The van der Waals surface area contributed by atoms with E-state index in [2.05, 4.69) is 11.7 Å². The maximum absolute atomic E-state index is 12.8. The highest BCUT2D eigenvalue weighted by Crippen LogP contribution is 2.40. The van der Waals surface area contributed by atoms with Crippen molar-refractivity contribution in [3.8, 4) is 0 Å². The molecule has 0 aromatic carbocycles. The first kappa shape index (κ1) is 21.5. The van der Waals surface area contributed by atoms with E-state index in [1.807, 2.05) is 26.8 Å². The summed E-state index contributed by atoms with van der Waals surface area (Å²) in [5.74, 6) is 0.172. The lowest BCUT2D eigenvalue weighted by atomic mass is 9.89. The molecule has 2 aliphatic rings. The number of nitrogens with zero attached hydrogens (tertiary/aromatic N) is 1. The zero-order valence-electron chi connectivity index (χ0n) is 17.2. The first-order valence-electron chi connectivity index (χ1n) is 9.95. The van der Waals surface area contributed by atoms with Crippen molar-refractivity contribution >= 4 is 17.8 Å². The van der Waals surface area contributed by atoms with Gasteiger partial charge in [0.15, 0.2) is 5.78 Å². The number of ketones is 1. The van der Waals surface area contributed by atoms with Crippen molar-refractivity contribution in [3.05, 3.63) is 11.6 Å². The van der Waals surface area contributed by atoms with Crippen molar-refractivity contribution in [2.24, 2.45) is 5.92 Å². The molecule has 2 unspecified atom stereocenters. The Balaban J connectivity index is 2.06. The van der Waals surface area contributed by atoms with Gasteiger partial charge in [-0.3, -0.25) is 14.5 Å². The monoisotopic (exact) mass is 379 g/mol. The molecule has 0 spiro atoms.